The third-order valence-corrected chi connectivity index (χ3v) is 7.12. The lowest BCUT2D eigenvalue weighted by Crippen LogP contribution is -2.49. The second kappa shape index (κ2) is 11.3. The van der Waals surface area contributed by atoms with Crippen LogP contribution in [0.3, 0.4) is 0 Å². The van der Waals surface area contributed by atoms with Crippen molar-refractivity contribution in [1.29, 1.82) is 0 Å². The fourth-order valence-electron chi connectivity index (χ4n) is 4.62. The first-order valence-electron chi connectivity index (χ1n) is 12.8. The quantitative estimate of drug-likeness (QED) is 0.526. The molecule has 0 aromatic heterocycles. The number of fused-ring (bicyclic) bond motifs is 1. The van der Waals surface area contributed by atoms with Crippen LogP contribution in [-0.4, -0.2) is 65.6 Å². The number of nitrogens with zero attached hydrogens (tertiary/aromatic N) is 2. The number of nitrogens with one attached hydrogen (secondary N) is 1. The number of para-hydroxylation sites is 1. The smallest absolute Gasteiger partial charge is 0.416 e. The lowest BCUT2D eigenvalue weighted by atomic mass is 9.98. The van der Waals surface area contributed by atoms with Crippen LogP contribution in [-0.2, 0) is 17.5 Å². The highest BCUT2D eigenvalue weighted by Gasteiger charge is 2.36. The maximum atomic E-state index is 13.5. The molecule has 0 unspecified atom stereocenters. The number of anilines is 1. The number of benzene rings is 2. The molecule has 4 rings (SSSR count). The highest BCUT2D eigenvalue weighted by atomic mass is 19.4. The highest BCUT2D eigenvalue weighted by molar-refractivity contribution is 6.02. The molecule has 2 amide bonds. The van der Waals surface area contributed by atoms with E-state index in [1.54, 1.807) is 30.0 Å². The van der Waals surface area contributed by atoms with Crippen LogP contribution in [0.2, 0.25) is 0 Å². The van der Waals surface area contributed by atoms with Crippen LogP contribution in [0.4, 0.5) is 18.9 Å². The first kappa shape index (κ1) is 27.9. The predicted octanol–water partition coefficient (Wildman–Crippen LogP) is 4.41. The minimum absolute atomic E-state index is 0.0365. The van der Waals surface area contributed by atoms with E-state index in [2.05, 4.69) is 5.32 Å². The number of hydrogen-bond donors (Lipinski definition) is 2. The van der Waals surface area contributed by atoms with Crippen LogP contribution in [0.15, 0.2) is 42.5 Å². The predicted molar refractivity (Wildman–Crippen MR) is 137 cm³/mol. The Morgan fingerprint density at radius 1 is 1.21 bits per heavy atom. The minimum Gasteiger partial charge on any atom is -0.486 e. The monoisotopic (exact) mass is 533 g/mol. The standard InChI is InChI=1S/C28H34F3N3O4/c1-17-13-34(18(2)16-35)27(37)22-5-4-6-23(32-26(36)20-9-10-20)25(22)38-24(17)15-33(3)14-19-7-11-21(12-8-19)28(29,30)31/h4-8,11-12,17-18,20,24,35H,9-10,13-16H2,1-3H3,(H,32,36)/t17-,18-,24+/m1/s1. The fourth-order valence-corrected chi connectivity index (χ4v) is 4.62. The number of hydrogen-bond acceptors (Lipinski definition) is 5. The van der Waals surface area contributed by atoms with Gasteiger partial charge in [-0.25, -0.2) is 0 Å². The Hall–Kier alpha value is -3.11. The molecule has 0 spiro atoms. The van der Waals surface area contributed by atoms with Crippen molar-refractivity contribution in [3.05, 3.63) is 59.2 Å². The van der Waals surface area contributed by atoms with Crippen LogP contribution in [0.5, 0.6) is 5.75 Å². The average Bonchev–Trinajstić information content (AvgIpc) is 3.71. The number of carbonyl (C=O) groups excluding carboxylic acids is 2. The van der Waals surface area contributed by atoms with E-state index in [4.69, 9.17) is 4.74 Å². The molecule has 10 heteroatoms. The Morgan fingerprint density at radius 3 is 2.50 bits per heavy atom. The van der Waals surface area contributed by atoms with Crippen LogP contribution < -0.4 is 10.1 Å². The van der Waals surface area contributed by atoms with Gasteiger partial charge >= 0.3 is 6.18 Å². The first-order chi connectivity index (χ1) is 18.0. The van der Waals surface area contributed by atoms with Crippen LogP contribution in [0, 0.1) is 11.8 Å². The number of alkyl halides is 3. The molecule has 7 nitrogen and oxygen atoms in total. The molecule has 2 aromatic carbocycles. The topological polar surface area (TPSA) is 82.1 Å². The summed E-state index contributed by atoms with van der Waals surface area (Å²) in [6.07, 6.45) is -3.14. The van der Waals surface area contributed by atoms with Gasteiger partial charge in [0.1, 0.15) is 6.10 Å². The molecular weight excluding hydrogens is 499 g/mol. The van der Waals surface area contributed by atoms with Crippen molar-refractivity contribution in [2.24, 2.45) is 11.8 Å². The zero-order chi connectivity index (χ0) is 27.6. The van der Waals surface area contributed by atoms with Crippen molar-refractivity contribution in [3.8, 4) is 5.75 Å². The van der Waals surface area contributed by atoms with E-state index in [9.17, 15) is 27.9 Å². The fraction of sp³-hybridized carbons (Fsp3) is 0.500. The maximum absolute atomic E-state index is 13.5. The number of amides is 2. The number of rotatable bonds is 8. The zero-order valence-electron chi connectivity index (χ0n) is 21.8. The van der Waals surface area contributed by atoms with Crippen LogP contribution in [0.1, 0.15) is 48.2 Å². The summed E-state index contributed by atoms with van der Waals surface area (Å²) in [7, 11) is 1.85. The number of ether oxygens (including phenoxy) is 1. The van der Waals surface area contributed by atoms with Crippen molar-refractivity contribution >= 4 is 17.5 Å². The van der Waals surface area contributed by atoms with Crippen molar-refractivity contribution in [2.45, 2.75) is 51.6 Å². The summed E-state index contributed by atoms with van der Waals surface area (Å²) in [4.78, 5) is 29.7. The molecule has 1 aliphatic heterocycles. The number of halogens is 3. The summed E-state index contributed by atoms with van der Waals surface area (Å²) in [6.45, 7) is 4.69. The molecule has 0 radical (unpaired) electrons. The summed E-state index contributed by atoms with van der Waals surface area (Å²) >= 11 is 0. The van der Waals surface area contributed by atoms with E-state index in [0.29, 0.717) is 36.6 Å². The van der Waals surface area contributed by atoms with Gasteiger partial charge in [0.15, 0.2) is 5.75 Å². The summed E-state index contributed by atoms with van der Waals surface area (Å²) in [5.74, 6) is -0.288. The van der Waals surface area contributed by atoms with Gasteiger partial charge in [-0.1, -0.05) is 25.1 Å². The van der Waals surface area contributed by atoms with Gasteiger partial charge in [-0.05, 0) is 56.6 Å². The molecule has 0 bridgehead atoms. The molecule has 206 valence electrons. The molecule has 0 saturated heterocycles. The normalized spacial score (nSPS) is 20.8. The Kier molecular flexibility index (Phi) is 8.32. The van der Waals surface area contributed by atoms with E-state index in [-0.39, 0.29) is 30.3 Å². The minimum atomic E-state index is -4.39. The van der Waals surface area contributed by atoms with Crippen LogP contribution >= 0.6 is 0 Å². The summed E-state index contributed by atoms with van der Waals surface area (Å²) in [5, 5.41) is 12.7. The number of aliphatic hydroxyl groups is 1. The molecule has 2 aromatic rings. The number of carbonyl (C=O) groups is 2. The third kappa shape index (κ3) is 6.47. The Balaban J connectivity index is 1.59. The van der Waals surface area contributed by atoms with Gasteiger partial charge in [0, 0.05) is 31.5 Å². The first-order valence-corrected chi connectivity index (χ1v) is 12.8. The molecular formula is C28H34F3N3O4. The molecule has 38 heavy (non-hydrogen) atoms. The Labute approximate surface area is 220 Å². The zero-order valence-corrected chi connectivity index (χ0v) is 21.8. The molecule has 1 heterocycles. The average molecular weight is 534 g/mol. The van der Waals surface area contributed by atoms with Crippen LogP contribution in [0.25, 0.3) is 0 Å². The van der Waals surface area contributed by atoms with Gasteiger partial charge in [0.25, 0.3) is 5.91 Å². The number of aliphatic hydroxyl groups excluding tert-OH is 1. The summed E-state index contributed by atoms with van der Waals surface area (Å²) in [5.41, 5.74) is 0.763. The van der Waals surface area contributed by atoms with Gasteiger partial charge in [-0.15, -0.1) is 0 Å². The van der Waals surface area contributed by atoms with Crippen molar-refractivity contribution in [2.75, 3.05) is 32.1 Å². The summed E-state index contributed by atoms with van der Waals surface area (Å²) < 4.78 is 45.3. The van der Waals surface area contributed by atoms with Gasteiger partial charge in [0.05, 0.1) is 29.5 Å². The second-order valence-electron chi connectivity index (χ2n) is 10.5. The van der Waals surface area contributed by atoms with Gasteiger partial charge < -0.3 is 20.1 Å². The van der Waals surface area contributed by atoms with E-state index >= 15 is 0 Å². The molecule has 1 aliphatic carbocycles. The van der Waals surface area contributed by atoms with Gasteiger partial charge in [-0.3, -0.25) is 14.5 Å². The van der Waals surface area contributed by atoms with Gasteiger partial charge in [0.2, 0.25) is 5.91 Å². The molecule has 3 atom stereocenters. The molecule has 2 aliphatic rings. The van der Waals surface area contributed by atoms with E-state index < -0.39 is 23.9 Å². The Morgan fingerprint density at radius 2 is 1.89 bits per heavy atom. The lowest BCUT2D eigenvalue weighted by Gasteiger charge is -2.38. The van der Waals surface area contributed by atoms with Crippen molar-refractivity contribution < 1.29 is 32.6 Å². The van der Waals surface area contributed by atoms with Gasteiger partial charge in [-0.2, -0.15) is 13.2 Å². The summed E-state index contributed by atoms with van der Waals surface area (Å²) in [6, 6.07) is 9.71. The maximum Gasteiger partial charge on any atom is 0.416 e. The Bertz CT molecular complexity index is 1150. The van der Waals surface area contributed by atoms with Crippen molar-refractivity contribution in [1.82, 2.24) is 9.80 Å². The lowest BCUT2D eigenvalue weighted by molar-refractivity contribution is -0.137. The van der Waals surface area contributed by atoms with E-state index in [1.165, 1.54) is 12.1 Å². The molecule has 1 fully saturated rings. The SMILES string of the molecule is C[C@@H]1CN([C@H](C)CO)C(=O)c2cccc(NC(=O)C3CC3)c2O[C@H]1CN(C)Cc1ccc(C(F)(F)F)cc1. The molecule has 2 N–H and O–H groups in total. The second-order valence-corrected chi connectivity index (χ2v) is 10.5. The largest absolute Gasteiger partial charge is 0.486 e. The van der Waals surface area contributed by atoms with Crippen molar-refractivity contribution in [3.63, 3.8) is 0 Å². The van der Waals surface area contributed by atoms with E-state index in [0.717, 1.165) is 30.5 Å². The van der Waals surface area contributed by atoms with E-state index in [1.807, 2.05) is 18.9 Å². The highest BCUT2D eigenvalue weighted by Crippen LogP contribution is 2.37. The third-order valence-electron chi connectivity index (χ3n) is 7.12. The molecule has 1 saturated carbocycles. The number of likely N-dealkylation sites (N-methyl/N-ethyl adjacent to an activating group) is 1.